The van der Waals surface area contributed by atoms with Gasteiger partial charge in [0.05, 0.1) is 18.8 Å². The molecule has 0 rings (SSSR count). The highest BCUT2D eigenvalue weighted by molar-refractivity contribution is 5.76. The van der Waals surface area contributed by atoms with Crippen LogP contribution in [0.25, 0.3) is 0 Å². The minimum atomic E-state index is -0.653. The molecule has 2 unspecified atom stereocenters. The first-order chi connectivity index (χ1) is 27.2. The molecule has 0 bridgehead atoms. The Morgan fingerprint density at radius 2 is 0.691 bits per heavy atom. The Kier molecular flexibility index (Phi) is 46.8. The lowest BCUT2D eigenvalue weighted by Crippen LogP contribution is -2.45. The molecule has 0 aliphatic rings. The summed E-state index contributed by atoms with van der Waals surface area (Å²) in [4.78, 5) is 12.4. The van der Waals surface area contributed by atoms with Gasteiger partial charge in [0.15, 0.2) is 0 Å². The molecule has 0 aromatic rings. The monoisotopic (exact) mass is 776 g/mol. The summed E-state index contributed by atoms with van der Waals surface area (Å²) in [5.41, 5.74) is 0. The van der Waals surface area contributed by atoms with Gasteiger partial charge in [0, 0.05) is 6.42 Å². The zero-order chi connectivity index (χ0) is 40.0. The van der Waals surface area contributed by atoms with Gasteiger partial charge in [-0.3, -0.25) is 4.79 Å². The second kappa shape index (κ2) is 47.5. The third kappa shape index (κ3) is 44.1. The molecule has 0 saturated carbocycles. The van der Waals surface area contributed by atoms with E-state index in [2.05, 4.69) is 31.3 Å². The van der Waals surface area contributed by atoms with Crippen LogP contribution in [0.15, 0.2) is 12.2 Å². The van der Waals surface area contributed by atoms with Crippen LogP contribution < -0.4 is 5.32 Å². The number of rotatable bonds is 47. The second-order valence-corrected chi connectivity index (χ2v) is 17.6. The van der Waals surface area contributed by atoms with Crippen LogP contribution in [0.5, 0.6) is 0 Å². The van der Waals surface area contributed by atoms with Crippen LogP contribution in [-0.2, 0) is 4.79 Å². The molecule has 4 nitrogen and oxygen atoms in total. The van der Waals surface area contributed by atoms with Crippen LogP contribution in [0.3, 0.4) is 0 Å². The van der Waals surface area contributed by atoms with E-state index in [0.717, 1.165) is 25.7 Å². The highest BCUT2D eigenvalue weighted by Gasteiger charge is 2.20. The molecule has 0 aromatic carbocycles. The van der Waals surface area contributed by atoms with Gasteiger partial charge in [-0.2, -0.15) is 0 Å². The highest BCUT2D eigenvalue weighted by Crippen LogP contribution is 2.17. The maximum atomic E-state index is 12.4. The Hall–Kier alpha value is -0.870. The van der Waals surface area contributed by atoms with Crippen molar-refractivity contribution in [3.8, 4) is 0 Å². The summed E-state index contributed by atoms with van der Waals surface area (Å²) >= 11 is 0. The van der Waals surface area contributed by atoms with Crippen LogP contribution in [0.4, 0.5) is 0 Å². The number of aliphatic hydroxyl groups is 2. The zero-order valence-corrected chi connectivity index (χ0v) is 37.7. The van der Waals surface area contributed by atoms with E-state index in [0.29, 0.717) is 12.8 Å². The van der Waals surface area contributed by atoms with Crippen LogP contribution in [0, 0.1) is 0 Å². The standard InChI is InChI=1S/C51H101NO3/c1-3-5-7-9-11-13-15-16-17-18-19-20-21-22-23-24-25-26-27-28-29-30-31-32-33-34-35-36-37-39-41-43-45-47-51(55)52-49(48-53)50(54)46-44-42-40-38-14-12-10-8-6-4-2/h18-19,49-50,53-54H,3-17,20-48H2,1-2H3,(H,52,55)/b19-18-. The lowest BCUT2D eigenvalue weighted by Gasteiger charge is -2.22. The zero-order valence-electron chi connectivity index (χ0n) is 37.7. The first-order valence-corrected chi connectivity index (χ1v) is 25.4. The van der Waals surface area contributed by atoms with Crippen molar-refractivity contribution in [1.82, 2.24) is 5.32 Å². The minimum Gasteiger partial charge on any atom is -0.394 e. The fourth-order valence-electron chi connectivity index (χ4n) is 8.12. The summed E-state index contributed by atoms with van der Waals surface area (Å²) in [7, 11) is 0. The van der Waals surface area contributed by atoms with Crippen LogP contribution in [0.2, 0.25) is 0 Å². The number of unbranched alkanes of at least 4 members (excludes halogenated alkanes) is 38. The molecule has 0 heterocycles. The van der Waals surface area contributed by atoms with E-state index < -0.39 is 12.1 Å². The van der Waals surface area contributed by atoms with Gasteiger partial charge in [0.1, 0.15) is 0 Å². The lowest BCUT2D eigenvalue weighted by molar-refractivity contribution is -0.123. The number of aliphatic hydroxyl groups excluding tert-OH is 2. The van der Waals surface area contributed by atoms with Gasteiger partial charge in [-0.05, 0) is 38.5 Å². The van der Waals surface area contributed by atoms with Crippen molar-refractivity contribution in [2.45, 2.75) is 302 Å². The van der Waals surface area contributed by atoms with E-state index in [-0.39, 0.29) is 12.5 Å². The van der Waals surface area contributed by atoms with Gasteiger partial charge in [0.2, 0.25) is 5.91 Å². The largest absolute Gasteiger partial charge is 0.394 e. The van der Waals surface area contributed by atoms with E-state index in [1.165, 1.54) is 238 Å². The number of carbonyl (C=O) groups is 1. The summed E-state index contributed by atoms with van der Waals surface area (Å²) in [6.45, 7) is 4.36. The van der Waals surface area contributed by atoms with Crippen molar-refractivity contribution in [3.05, 3.63) is 12.2 Å². The van der Waals surface area contributed by atoms with Crippen LogP contribution >= 0.6 is 0 Å². The smallest absolute Gasteiger partial charge is 0.220 e. The predicted octanol–water partition coefficient (Wildman–Crippen LogP) is 16.2. The molecule has 2 atom stereocenters. The molecule has 0 aromatic heterocycles. The minimum absolute atomic E-state index is 0.0275. The van der Waals surface area contributed by atoms with Gasteiger partial charge < -0.3 is 15.5 Å². The molecule has 0 aliphatic heterocycles. The van der Waals surface area contributed by atoms with Gasteiger partial charge in [0.25, 0.3) is 0 Å². The topological polar surface area (TPSA) is 69.6 Å². The third-order valence-electron chi connectivity index (χ3n) is 12.0. The normalized spacial score (nSPS) is 12.9. The van der Waals surface area contributed by atoms with E-state index in [9.17, 15) is 15.0 Å². The van der Waals surface area contributed by atoms with Crippen LogP contribution in [0.1, 0.15) is 290 Å². The van der Waals surface area contributed by atoms with E-state index in [1.807, 2.05) is 0 Å². The summed E-state index contributed by atoms with van der Waals surface area (Å²) in [5, 5.41) is 23.1. The van der Waals surface area contributed by atoms with Gasteiger partial charge >= 0.3 is 0 Å². The number of carbonyl (C=O) groups excluding carboxylic acids is 1. The molecule has 328 valence electrons. The van der Waals surface area contributed by atoms with Gasteiger partial charge in [-0.1, -0.05) is 257 Å². The molecule has 0 aliphatic carbocycles. The molecule has 0 spiro atoms. The number of hydrogen-bond acceptors (Lipinski definition) is 3. The average Bonchev–Trinajstić information content (AvgIpc) is 3.19. The summed E-state index contributed by atoms with van der Waals surface area (Å²) in [6, 6.07) is -0.530. The van der Waals surface area contributed by atoms with Crippen molar-refractivity contribution in [2.75, 3.05) is 6.61 Å². The van der Waals surface area contributed by atoms with Gasteiger partial charge in [-0.15, -0.1) is 0 Å². The third-order valence-corrected chi connectivity index (χ3v) is 12.0. The highest BCUT2D eigenvalue weighted by atomic mass is 16.3. The van der Waals surface area contributed by atoms with E-state index in [4.69, 9.17) is 0 Å². The van der Waals surface area contributed by atoms with Crippen molar-refractivity contribution in [2.24, 2.45) is 0 Å². The number of hydrogen-bond donors (Lipinski definition) is 3. The quantitative estimate of drug-likeness (QED) is 0.0426. The summed E-state index contributed by atoms with van der Waals surface area (Å²) in [6.07, 6.45) is 60.5. The van der Waals surface area contributed by atoms with Crippen molar-refractivity contribution in [3.63, 3.8) is 0 Å². The average molecular weight is 776 g/mol. The summed E-state index contributed by atoms with van der Waals surface area (Å²) < 4.78 is 0. The molecule has 0 fully saturated rings. The molecule has 1 amide bonds. The van der Waals surface area contributed by atoms with Crippen molar-refractivity contribution >= 4 is 5.91 Å². The lowest BCUT2D eigenvalue weighted by atomic mass is 10.0. The predicted molar refractivity (Wildman–Crippen MR) is 244 cm³/mol. The summed E-state index contributed by atoms with van der Waals surface area (Å²) in [5.74, 6) is -0.0275. The Bertz CT molecular complexity index is 754. The Labute approximate surface area is 346 Å². The Morgan fingerprint density at radius 1 is 0.418 bits per heavy atom. The Balaban J connectivity index is 3.35. The van der Waals surface area contributed by atoms with E-state index in [1.54, 1.807) is 0 Å². The first-order valence-electron chi connectivity index (χ1n) is 25.4. The fourth-order valence-corrected chi connectivity index (χ4v) is 8.12. The van der Waals surface area contributed by atoms with Crippen molar-refractivity contribution in [1.29, 1.82) is 0 Å². The SMILES string of the molecule is CCCCCCCCCC/C=C\CCCCCCCCCCCCCCCCCCCCCCCC(=O)NC(CO)C(O)CCCCCCCCCCCC. The van der Waals surface area contributed by atoms with Gasteiger partial charge in [-0.25, -0.2) is 0 Å². The molecular weight excluding hydrogens is 675 g/mol. The molecule has 0 saturated heterocycles. The fraction of sp³-hybridized carbons (Fsp3) is 0.941. The maximum Gasteiger partial charge on any atom is 0.220 e. The van der Waals surface area contributed by atoms with E-state index >= 15 is 0 Å². The number of allylic oxidation sites excluding steroid dienone is 2. The molecule has 0 radical (unpaired) electrons. The molecular formula is C51H101NO3. The first kappa shape index (κ1) is 54.1. The Morgan fingerprint density at radius 3 is 1.00 bits per heavy atom. The van der Waals surface area contributed by atoms with Crippen LogP contribution in [-0.4, -0.2) is 34.9 Å². The maximum absolute atomic E-state index is 12.4. The van der Waals surface area contributed by atoms with Crippen molar-refractivity contribution < 1.29 is 15.0 Å². The molecule has 55 heavy (non-hydrogen) atoms. The molecule has 4 heteroatoms. The molecule has 3 N–H and O–H groups in total. The second-order valence-electron chi connectivity index (χ2n) is 17.6. The number of amides is 1. The number of nitrogens with one attached hydrogen (secondary N) is 1.